The van der Waals surface area contributed by atoms with E-state index in [-0.39, 0.29) is 21.8 Å². The molecular formula is C12H12N2O4S. The molecule has 0 atom stereocenters. The summed E-state index contributed by atoms with van der Waals surface area (Å²) in [5.74, 6) is 0.452. The molecule has 0 radical (unpaired) electrons. The molecule has 0 aliphatic carbocycles. The van der Waals surface area contributed by atoms with Crippen LogP contribution in [-0.4, -0.2) is 32.6 Å². The van der Waals surface area contributed by atoms with Gasteiger partial charge in [-0.05, 0) is 12.1 Å². The van der Waals surface area contributed by atoms with Crippen molar-refractivity contribution >= 4 is 9.84 Å². The Morgan fingerprint density at radius 2 is 1.26 bits per heavy atom. The van der Waals surface area contributed by atoms with Crippen LogP contribution in [0.4, 0.5) is 0 Å². The lowest BCUT2D eigenvalue weighted by Gasteiger charge is -2.06. The molecule has 0 aromatic carbocycles. The summed E-state index contributed by atoms with van der Waals surface area (Å²) < 4.78 is 34.5. The van der Waals surface area contributed by atoms with Crippen molar-refractivity contribution in [1.29, 1.82) is 0 Å². The molecule has 0 saturated carbocycles. The summed E-state index contributed by atoms with van der Waals surface area (Å²) in [7, 11) is -0.948. The van der Waals surface area contributed by atoms with E-state index in [4.69, 9.17) is 9.47 Å². The minimum atomic E-state index is -3.79. The topological polar surface area (TPSA) is 78.4 Å². The summed E-state index contributed by atoms with van der Waals surface area (Å²) in [4.78, 5) is 7.81. The van der Waals surface area contributed by atoms with E-state index in [1.165, 1.54) is 26.4 Å². The van der Waals surface area contributed by atoms with Crippen molar-refractivity contribution in [1.82, 2.24) is 9.97 Å². The first-order chi connectivity index (χ1) is 9.07. The number of hydrogen-bond donors (Lipinski definition) is 0. The first-order valence-corrected chi connectivity index (χ1v) is 6.83. The van der Waals surface area contributed by atoms with Gasteiger partial charge in [0.05, 0.1) is 14.2 Å². The zero-order chi connectivity index (χ0) is 13.9. The van der Waals surface area contributed by atoms with Gasteiger partial charge < -0.3 is 9.47 Å². The maximum absolute atomic E-state index is 12.3. The quantitative estimate of drug-likeness (QED) is 0.840. The zero-order valence-corrected chi connectivity index (χ0v) is 11.2. The van der Waals surface area contributed by atoms with E-state index in [9.17, 15) is 8.42 Å². The second kappa shape index (κ2) is 5.23. The Morgan fingerprint density at radius 1 is 0.842 bits per heavy atom. The van der Waals surface area contributed by atoms with Crippen LogP contribution in [0, 0.1) is 0 Å². The van der Waals surface area contributed by atoms with Crippen molar-refractivity contribution in [3.8, 4) is 11.8 Å². The maximum atomic E-state index is 12.3. The molecule has 2 heterocycles. The van der Waals surface area contributed by atoms with E-state index in [0.29, 0.717) is 0 Å². The highest BCUT2D eigenvalue weighted by Gasteiger charge is 2.21. The molecule has 0 aliphatic heterocycles. The molecule has 0 fully saturated rings. The monoisotopic (exact) mass is 280 g/mol. The molecule has 7 heteroatoms. The fraction of sp³-hybridized carbons (Fsp3) is 0.167. The van der Waals surface area contributed by atoms with Gasteiger partial charge in [-0.1, -0.05) is 12.1 Å². The second-order valence-corrected chi connectivity index (χ2v) is 5.38. The third-order valence-electron chi connectivity index (χ3n) is 2.36. The third-order valence-corrected chi connectivity index (χ3v) is 3.92. The predicted molar refractivity (Wildman–Crippen MR) is 67.0 cm³/mol. The van der Waals surface area contributed by atoms with Crippen molar-refractivity contribution in [2.75, 3.05) is 14.2 Å². The summed E-state index contributed by atoms with van der Waals surface area (Å²) in [6.45, 7) is 0. The molecule has 0 spiro atoms. The lowest BCUT2D eigenvalue weighted by molar-refractivity contribution is 0.392. The third kappa shape index (κ3) is 2.65. The Bertz CT molecular complexity index is 632. The van der Waals surface area contributed by atoms with Gasteiger partial charge >= 0.3 is 0 Å². The Hall–Kier alpha value is -2.15. The molecule has 19 heavy (non-hydrogen) atoms. The van der Waals surface area contributed by atoms with E-state index >= 15 is 0 Å². The molecule has 2 aromatic rings. The predicted octanol–water partition coefficient (Wildman–Crippen LogP) is 1.33. The van der Waals surface area contributed by atoms with Gasteiger partial charge in [0.2, 0.25) is 21.6 Å². The number of pyridine rings is 2. The molecule has 2 rings (SSSR count). The molecule has 0 aliphatic rings. The van der Waals surface area contributed by atoms with Gasteiger partial charge in [0.1, 0.15) is 0 Å². The molecule has 0 unspecified atom stereocenters. The van der Waals surface area contributed by atoms with E-state index in [1.807, 2.05) is 0 Å². The summed E-state index contributed by atoms with van der Waals surface area (Å²) in [6, 6.07) is 9.02. The minimum Gasteiger partial charge on any atom is -0.481 e. The van der Waals surface area contributed by atoms with Crippen LogP contribution in [0.5, 0.6) is 11.8 Å². The summed E-state index contributed by atoms with van der Waals surface area (Å²) in [5, 5.41) is -0.236. The maximum Gasteiger partial charge on any atom is 0.241 e. The molecule has 0 amide bonds. The largest absolute Gasteiger partial charge is 0.481 e. The molecular weight excluding hydrogens is 268 g/mol. The smallest absolute Gasteiger partial charge is 0.241 e. The van der Waals surface area contributed by atoms with Crippen LogP contribution in [0.15, 0.2) is 46.5 Å². The van der Waals surface area contributed by atoms with Gasteiger partial charge in [-0.15, -0.1) is 0 Å². The fourth-order valence-electron chi connectivity index (χ4n) is 1.43. The first-order valence-electron chi connectivity index (χ1n) is 5.35. The summed E-state index contributed by atoms with van der Waals surface area (Å²) in [6.07, 6.45) is 0. The first kappa shape index (κ1) is 13.3. The van der Waals surface area contributed by atoms with Gasteiger partial charge in [0, 0.05) is 12.1 Å². The molecule has 100 valence electrons. The normalized spacial score (nSPS) is 11.1. The second-order valence-electron chi connectivity index (χ2n) is 3.54. The van der Waals surface area contributed by atoms with Gasteiger partial charge in [0.15, 0.2) is 10.1 Å². The average molecular weight is 280 g/mol. The molecule has 0 N–H and O–H groups in total. The SMILES string of the molecule is COc1cccc(S(=O)(=O)c2cccc(OC)n2)n1. The summed E-state index contributed by atoms with van der Waals surface area (Å²) in [5.41, 5.74) is 0. The fourth-order valence-corrected chi connectivity index (χ4v) is 2.58. The highest BCUT2D eigenvalue weighted by atomic mass is 32.2. The number of nitrogens with zero attached hydrogens (tertiary/aromatic N) is 2. The molecule has 0 bridgehead atoms. The highest BCUT2D eigenvalue weighted by Crippen LogP contribution is 2.21. The van der Waals surface area contributed by atoms with Crippen LogP contribution in [0.3, 0.4) is 0 Å². The Morgan fingerprint density at radius 3 is 1.63 bits per heavy atom. The zero-order valence-electron chi connectivity index (χ0n) is 10.4. The lowest BCUT2D eigenvalue weighted by Crippen LogP contribution is -2.07. The standard InChI is InChI=1S/C12H12N2O4S/c1-17-9-5-3-7-11(13-9)19(15,16)12-8-4-6-10(14-12)18-2/h3-8H,1-2H3. The van der Waals surface area contributed by atoms with Crippen LogP contribution >= 0.6 is 0 Å². The number of ether oxygens (including phenoxy) is 2. The van der Waals surface area contributed by atoms with Crippen LogP contribution < -0.4 is 9.47 Å². The number of rotatable bonds is 4. The van der Waals surface area contributed by atoms with Gasteiger partial charge in [-0.2, -0.15) is 0 Å². The highest BCUT2D eigenvalue weighted by molar-refractivity contribution is 7.91. The average Bonchev–Trinajstić information content (AvgIpc) is 2.47. The summed E-state index contributed by atoms with van der Waals surface area (Å²) >= 11 is 0. The van der Waals surface area contributed by atoms with Crippen molar-refractivity contribution in [2.45, 2.75) is 10.1 Å². The van der Waals surface area contributed by atoms with E-state index in [2.05, 4.69) is 9.97 Å². The van der Waals surface area contributed by atoms with Crippen LogP contribution in [0.25, 0.3) is 0 Å². The van der Waals surface area contributed by atoms with Crippen LogP contribution in [-0.2, 0) is 9.84 Å². The van der Waals surface area contributed by atoms with Crippen molar-refractivity contribution in [3.05, 3.63) is 36.4 Å². The van der Waals surface area contributed by atoms with Gasteiger partial charge in [0.25, 0.3) is 0 Å². The molecule has 2 aromatic heterocycles. The Kier molecular flexibility index (Phi) is 3.66. The number of sulfone groups is 1. The Balaban J connectivity index is 2.51. The number of methoxy groups -OCH3 is 2. The molecule has 0 saturated heterocycles. The van der Waals surface area contributed by atoms with Crippen molar-refractivity contribution in [2.24, 2.45) is 0 Å². The van der Waals surface area contributed by atoms with Crippen molar-refractivity contribution < 1.29 is 17.9 Å². The number of aromatic nitrogens is 2. The number of hydrogen-bond acceptors (Lipinski definition) is 6. The van der Waals surface area contributed by atoms with E-state index in [1.54, 1.807) is 24.3 Å². The van der Waals surface area contributed by atoms with Crippen LogP contribution in [0.2, 0.25) is 0 Å². The van der Waals surface area contributed by atoms with Gasteiger partial charge in [-0.25, -0.2) is 18.4 Å². The van der Waals surface area contributed by atoms with Crippen LogP contribution in [0.1, 0.15) is 0 Å². The lowest BCUT2D eigenvalue weighted by atomic mass is 10.5. The minimum absolute atomic E-state index is 0.118. The van der Waals surface area contributed by atoms with E-state index < -0.39 is 9.84 Å². The van der Waals surface area contributed by atoms with E-state index in [0.717, 1.165) is 0 Å². The van der Waals surface area contributed by atoms with Crippen molar-refractivity contribution in [3.63, 3.8) is 0 Å². The molecule has 6 nitrogen and oxygen atoms in total. The van der Waals surface area contributed by atoms with Gasteiger partial charge in [-0.3, -0.25) is 0 Å². The Labute approximate surface area is 111 Å².